The predicted molar refractivity (Wildman–Crippen MR) is 165 cm³/mol. The third-order valence-electron chi connectivity index (χ3n) is 5.85. The van der Waals surface area contributed by atoms with Gasteiger partial charge in [-0.05, 0) is 84.9 Å². The van der Waals surface area contributed by atoms with Crippen LogP contribution in [0.2, 0.25) is 0 Å². The Kier molecular flexibility index (Phi) is 13.4. The summed E-state index contributed by atoms with van der Waals surface area (Å²) >= 11 is 0. The number of hydrogen-bond donors (Lipinski definition) is 7. The molecule has 50 heavy (non-hydrogen) atoms. The first kappa shape index (κ1) is 38.6. The minimum Gasteiger partial charge on any atom is -0.508 e. The summed E-state index contributed by atoms with van der Waals surface area (Å²) < 4.78 is 9.53. The fraction of sp³-hybridized carbons (Fsp3) is 0.0303. The molecule has 0 saturated heterocycles. The number of carboxylic acids is 5. The molecule has 0 aliphatic rings. The fourth-order valence-corrected chi connectivity index (χ4v) is 3.62. The van der Waals surface area contributed by atoms with Crippen LogP contribution in [0.5, 0.6) is 17.2 Å². The van der Waals surface area contributed by atoms with Crippen molar-refractivity contribution in [3.8, 4) is 17.2 Å². The molecule has 258 valence electrons. The van der Waals surface area contributed by atoms with E-state index in [9.17, 15) is 38.4 Å². The van der Waals surface area contributed by atoms with E-state index >= 15 is 0 Å². The Labute approximate surface area is 279 Å². The first-order chi connectivity index (χ1) is 23.4. The Morgan fingerprint density at radius 2 is 0.800 bits per heavy atom. The number of esters is 3. The van der Waals surface area contributed by atoms with Crippen molar-refractivity contribution in [2.24, 2.45) is 0 Å². The number of benzene rings is 4. The van der Waals surface area contributed by atoms with Gasteiger partial charge in [0.1, 0.15) is 17.2 Å². The number of carbonyl (C=O) groups excluding carboxylic acids is 3. The van der Waals surface area contributed by atoms with Crippen LogP contribution in [0, 0.1) is 0 Å². The topological polar surface area (TPSA) is 297 Å². The third kappa shape index (κ3) is 11.1. The van der Waals surface area contributed by atoms with Crippen molar-refractivity contribution >= 4 is 47.8 Å². The summed E-state index contributed by atoms with van der Waals surface area (Å²) in [5.74, 6) is -9.65. The molecule has 0 spiro atoms. The Morgan fingerprint density at radius 3 is 1.14 bits per heavy atom. The molecule has 17 nitrogen and oxygen atoms in total. The highest BCUT2D eigenvalue weighted by molar-refractivity contribution is 6.13. The van der Waals surface area contributed by atoms with E-state index in [0.717, 1.165) is 19.1 Å². The van der Waals surface area contributed by atoms with Crippen molar-refractivity contribution < 1.29 is 83.6 Å². The largest absolute Gasteiger partial charge is 0.508 e. The lowest BCUT2D eigenvalue weighted by Crippen LogP contribution is -2.19. The van der Waals surface area contributed by atoms with Gasteiger partial charge in [-0.1, -0.05) is 0 Å². The number of carbonyl (C=O) groups is 8. The summed E-state index contributed by atoms with van der Waals surface area (Å²) in [7, 11) is 0. The summed E-state index contributed by atoms with van der Waals surface area (Å²) in [5, 5.41) is 61.4. The molecule has 0 radical (unpaired) electrons. The maximum Gasteiger partial charge on any atom is 0.345 e. The lowest BCUT2D eigenvalue weighted by atomic mass is 9.95. The molecule has 0 unspecified atom stereocenters. The quantitative estimate of drug-likeness (QED) is 0.0782. The van der Waals surface area contributed by atoms with E-state index in [1.807, 2.05) is 0 Å². The fourth-order valence-electron chi connectivity index (χ4n) is 3.62. The van der Waals surface area contributed by atoms with Gasteiger partial charge in [-0.15, -0.1) is 0 Å². The Morgan fingerprint density at radius 1 is 0.440 bits per heavy atom. The van der Waals surface area contributed by atoms with Crippen LogP contribution in [0.25, 0.3) is 0 Å². The number of rotatable bonds is 8. The van der Waals surface area contributed by atoms with Crippen molar-refractivity contribution in [2.75, 3.05) is 0 Å². The molecule has 0 aromatic heterocycles. The number of aromatic hydroxyl groups is 2. The van der Waals surface area contributed by atoms with E-state index in [1.54, 1.807) is 0 Å². The molecule has 0 amide bonds. The highest BCUT2D eigenvalue weighted by Gasteiger charge is 2.29. The number of phenols is 2. The number of aromatic carboxylic acids is 5. The van der Waals surface area contributed by atoms with Crippen molar-refractivity contribution in [3.05, 3.63) is 124 Å². The van der Waals surface area contributed by atoms with Crippen molar-refractivity contribution in [1.29, 1.82) is 0 Å². The van der Waals surface area contributed by atoms with Crippen LogP contribution < -0.4 is 4.74 Å². The van der Waals surface area contributed by atoms with Crippen LogP contribution in [-0.2, 0) is 9.53 Å². The maximum atomic E-state index is 11.9. The van der Waals surface area contributed by atoms with E-state index in [-0.39, 0.29) is 33.9 Å². The molecule has 4 aromatic rings. The van der Waals surface area contributed by atoms with Crippen LogP contribution in [0.1, 0.15) is 79.4 Å². The van der Waals surface area contributed by atoms with Crippen LogP contribution in [-0.4, -0.2) is 83.5 Å². The highest BCUT2D eigenvalue weighted by atomic mass is 16.6. The van der Waals surface area contributed by atoms with Gasteiger partial charge in [-0.25, -0.2) is 33.6 Å². The molecule has 0 fully saturated rings. The average molecular weight is 693 g/mol. The van der Waals surface area contributed by atoms with Crippen LogP contribution in [0.15, 0.2) is 84.9 Å². The molecule has 0 saturated carbocycles. The predicted octanol–water partition coefficient (Wildman–Crippen LogP) is 3.88. The lowest BCUT2D eigenvalue weighted by molar-refractivity contribution is -0.135. The molecule has 7 N–H and O–H groups in total. The summed E-state index contributed by atoms with van der Waals surface area (Å²) in [5.41, 5.74) is -3.14. The highest BCUT2D eigenvalue weighted by Crippen LogP contribution is 2.21. The molecule has 4 rings (SSSR count). The molecule has 0 bridgehead atoms. The smallest absolute Gasteiger partial charge is 0.345 e. The van der Waals surface area contributed by atoms with E-state index in [0.29, 0.717) is 0 Å². The summed E-state index contributed by atoms with van der Waals surface area (Å²) in [4.78, 5) is 87.7. The molecule has 17 heteroatoms. The SMILES string of the molecule is CC(=O)OC(=O)c1ccc(C(=O)Oc2ccc(O)cc2)cc1.O=C(O)c1ccc(C(=O)O)c(C(=O)O)c1C(=O)O.O=C(O)c1ccc(O)cc1. The van der Waals surface area contributed by atoms with Crippen LogP contribution >= 0.6 is 0 Å². The first-order valence-electron chi connectivity index (χ1n) is 13.4. The number of phenolic OH excluding ortho intramolecular Hbond substituents is 2. The Hall–Kier alpha value is -7.56. The van der Waals surface area contributed by atoms with E-state index in [2.05, 4.69) is 4.74 Å². The van der Waals surface area contributed by atoms with Gasteiger partial charge in [0.25, 0.3) is 0 Å². The van der Waals surface area contributed by atoms with E-state index < -0.39 is 70.0 Å². The van der Waals surface area contributed by atoms with Gasteiger partial charge in [0.2, 0.25) is 0 Å². The second-order valence-electron chi connectivity index (χ2n) is 9.33. The Balaban J connectivity index is 0.000000278. The van der Waals surface area contributed by atoms with Crippen molar-refractivity contribution in [3.63, 3.8) is 0 Å². The second kappa shape index (κ2) is 17.4. The molecule has 0 aliphatic carbocycles. The molecule has 0 heterocycles. The van der Waals surface area contributed by atoms with Crippen LogP contribution in [0.3, 0.4) is 0 Å². The summed E-state index contributed by atoms with van der Waals surface area (Å²) in [6.45, 7) is 1.13. The van der Waals surface area contributed by atoms with E-state index in [1.165, 1.54) is 72.8 Å². The van der Waals surface area contributed by atoms with Gasteiger partial charge in [-0.2, -0.15) is 0 Å². The summed E-state index contributed by atoms with van der Waals surface area (Å²) in [6, 6.07) is 18.0. The second-order valence-corrected chi connectivity index (χ2v) is 9.33. The molecular weight excluding hydrogens is 668 g/mol. The van der Waals surface area contributed by atoms with Gasteiger partial charge in [0, 0.05) is 6.92 Å². The minimum absolute atomic E-state index is 0.0631. The average Bonchev–Trinajstić information content (AvgIpc) is 3.05. The van der Waals surface area contributed by atoms with Gasteiger partial charge in [0.15, 0.2) is 0 Å². The molecule has 0 atom stereocenters. The maximum absolute atomic E-state index is 11.9. The molecule has 4 aromatic carbocycles. The lowest BCUT2D eigenvalue weighted by Gasteiger charge is -2.08. The molecular formula is C33H24O17. The monoisotopic (exact) mass is 692 g/mol. The first-order valence-corrected chi connectivity index (χ1v) is 13.4. The zero-order valence-electron chi connectivity index (χ0n) is 25.3. The molecule has 0 aliphatic heterocycles. The zero-order chi connectivity index (χ0) is 37.7. The summed E-state index contributed by atoms with van der Waals surface area (Å²) in [6.07, 6.45) is 0. The van der Waals surface area contributed by atoms with Gasteiger partial charge in [-0.3, -0.25) is 4.79 Å². The van der Waals surface area contributed by atoms with Crippen LogP contribution in [0.4, 0.5) is 0 Å². The number of hydrogen-bond acceptors (Lipinski definition) is 12. The number of ether oxygens (including phenoxy) is 2. The van der Waals surface area contributed by atoms with Crippen molar-refractivity contribution in [2.45, 2.75) is 6.92 Å². The minimum atomic E-state index is -1.83. The third-order valence-corrected chi connectivity index (χ3v) is 5.85. The van der Waals surface area contributed by atoms with Crippen molar-refractivity contribution in [1.82, 2.24) is 0 Å². The van der Waals surface area contributed by atoms with Gasteiger partial charge in [0.05, 0.1) is 38.9 Å². The van der Waals surface area contributed by atoms with Gasteiger partial charge < -0.3 is 45.2 Å². The number of carboxylic acid groups (broad SMARTS) is 5. The zero-order valence-corrected chi connectivity index (χ0v) is 25.3. The Bertz CT molecular complexity index is 1890. The standard InChI is InChI=1S/C16H12O6.C10H6O8.C7H6O3/c1-10(17)21-15(19)11-2-4-12(5-3-11)16(20)22-14-8-6-13(18)7-9-14;11-7(12)3-1-2-4(8(13)14)6(10(17)18)5(3)9(15)16;8-6-3-1-5(2-4-6)7(9)10/h2-9,18H,1H3;1-2H,(H,11,12)(H,13,14)(H,15,16)(H,17,18);1-4,8H,(H,9,10). The van der Waals surface area contributed by atoms with Gasteiger partial charge >= 0.3 is 47.8 Å². The van der Waals surface area contributed by atoms with E-state index in [4.69, 9.17) is 40.5 Å². The normalized spacial score (nSPS) is 9.70.